The SMILES string of the molecule is CC(C(=O)NC1CC1)N1CCN(CC(=O)NCc2ccccc2F)CC1. The highest BCUT2D eigenvalue weighted by atomic mass is 19.1. The van der Waals surface area contributed by atoms with E-state index in [1.807, 2.05) is 6.92 Å². The van der Waals surface area contributed by atoms with Crippen LogP contribution in [-0.2, 0) is 16.1 Å². The minimum absolute atomic E-state index is 0.101. The molecule has 1 unspecified atom stereocenters. The third kappa shape index (κ3) is 5.25. The summed E-state index contributed by atoms with van der Waals surface area (Å²) in [6.07, 6.45) is 2.18. The summed E-state index contributed by atoms with van der Waals surface area (Å²) in [4.78, 5) is 28.5. The van der Waals surface area contributed by atoms with Crippen LogP contribution >= 0.6 is 0 Å². The maximum atomic E-state index is 13.6. The highest BCUT2D eigenvalue weighted by Crippen LogP contribution is 2.19. The number of hydrogen-bond donors (Lipinski definition) is 2. The van der Waals surface area contributed by atoms with Gasteiger partial charge < -0.3 is 10.6 Å². The van der Waals surface area contributed by atoms with E-state index in [4.69, 9.17) is 0 Å². The van der Waals surface area contributed by atoms with Gasteiger partial charge in [-0.05, 0) is 25.8 Å². The lowest BCUT2D eigenvalue weighted by Crippen LogP contribution is -2.55. The molecule has 1 aromatic carbocycles. The molecule has 3 rings (SSSR count). The number of halogens is 1. The quantitative estimate of drug-likeness (QED) is 0.751. The van der Waals surface area contributed by atoms with Gasteiger partial charge in [-0.1, -0.05) is 18.2 Å². The lowest BCUT2D eigenvalue weighted by Gasteiger charge is -2.37. The number of nitrogens with one attached hydrogen (secondary N) is 2. The summed E-state index contributed by atoms with van der Waals surface area (Å²) >= 11 is 0. The Morgan fingerprint density at radius 3 is 2.54 bits per heavy atom. The van der Waals surface area contributed by atoms with Crippen LogP contribution in [0, 0.1) is 5.82 Å². The van der Waals surface area contributed by atoms with Gasteiger partial charge in [-0.2, -0.15) is 0 Å². The Morgan fingerprint density at radius 1 is 1.19 bits per heavy atom. The van der Waals surface area contributed by atoms with Crippen molar-refractivity contribution < 1.29 is 14.0 Å². The van der Waals surface area contributed by atoms with E-state index in [0.29, 0.717) is 18.2 Å². The van der Waals surface area contributed by atoms with Crippen LogP contribution in [0.3, 0.4) is 0 Å². The third-order valence-corrected chi connectivity index (χ3v) is 5.06. The van der Waals surface area contributed by atoms with Crippen molar-refractivity contribution in [1.29, 1.82) is 0 Å². The third-order valence-electron chi connectivity index (χ3n) is 5.06. The van der Waals surface area contributed by atoms with Gasteiger partial charge in [0.05, 0.1) is 12.6 Å². The maximum Gasteiger partial charge on any atom is 0.237 e. The molecule has 1 aliphatic carbocycles. The van der Waals surface area contributed by atoms with Crippen molar-refractivity contribution in [2.75, 3.05) is 32.7 Å². The molecule has 0 radical (unpaired) electrons. The molecule has 26 heavy (non-hydrogen) atoms. The second-order valence-corrected chi connectivity index (χ2v) is 7.14. The molecule has 1 saturated heterocycles. The zero-order chi connectivity index (χ0) is 18.5. The van der Waals surface area contributed by atoms with Crippen LogP contribution in [-0.4, -0.2) is 66.4 Å². The molecule has 0 aromatic heterocycles. The largest absolute Gasteiger partial charge is 0.352 e. The second-order valence-electron chi connectivity index (χ2n) is 7.14. The molecule has 1 aromatic rings. The van der Waals surface area contributed by atoms with E-state index < -0.39 is 0 Å². The monoisotopic (exact) mass is 362 g/mol. The Morgan fingerprint density at radius 2 is 1.88 bits per heavy atom. The van der Waals surface area contributed by atoms with Crippen molar-refractivity contribution in [2.45, 2.75) is 38.4 Å². The van der Waals surface area contributed by atoms with Crippen LogP contribution in [0.15, 0.2) is 24.3 Å². The number of benzene rings is 1. The Kier molecular flexibility index (Phi) is 6.21. The first-order valence-electron chi connectivity index (χ1n) is 9.30. The van der Waals surface area contributed by atoms with Gasteiger partial charge in [-0.25, -0.2) is 4.39 Å². The molecule has 142 valence electrons. The van der Waals surface area contributed by atoms with Crippen molar-refractivity contribution >= 4 is 11.8 Å². The van der Waals surface area contributed by atoms with Crippen LogP contribution in [0.1, 0.15) is 25.3 Å². The van der Waals surface area contributed by atoms with Crippen LogP contribution in [0.2, 0.25) is 0 Å². The van der Waals surface area contributed by atoms with Crippen LogP contribution < -0.4 is 10.6 Å². The van der Waals surface area contributed by atoms with Gasteiger partial charge in [-0.3, -0.25) is 19.4 Å². The number of hydrogen-bond acceptors (Lipinski definition) is 4. The van der Waals surface area contributed by atoms with Crippen LogP contribution in [0.25, 0.3) is 0 Å². The molecule has 1 saturated carbocycles. The van der Waals surface area contributed by atoms with Gasteiger partial charge in [0.1, 0.15) is 5.82 Å². The van der Waals surface area contributed by atoms with Crippen LogP contribution in [0.5, 0.6) is 0 Å². The van der Waals surface area contributed by atoms with E-state index in [2.05, 4.69) is 20.4 Å². The minimum atomic E-state index is -0.306. The summed E-state index contributed by atoms with van der Waals surface area (Å²) in [6, 6.07) is 6.69. The fourth-order valence-electron chi connectivity index (χ4n) is 3.12. The van der Waals surface area contributed by atoms with Gasteiger partial charge in [0.2, 0.25) is 11.8 Å². The molecule has 6 nitrogen and oxygen atoms in total. The van der Waals surface area contributed by atoms with Crippen molar-refractivity contribution in [2.24, 2.45) is 0 Å². The highest BCUT2D eigenvalue weighted by Gasteiger charge is 2.30. The number of rotatable bonds is 7. The van der Waals surface area contributed by atoms with Crippen molar-refractivity contribution in [3.05, 3.63) is 35.6 Å². The zero-order valence-electron chi connectivity index (χ0n) is 15.2. The first kappa shape index (κ1) is 18.8. The summed E-state index contributed by atoms with van der Waals surface area (Å²) in [6.45, 7) is 5.45. The molecule has 7 heteroatoms. The number of amides is 2. The van der Waals surface area contributed by atoms with Gasteiger partial charge >= 0.3 is 0 Å². The van der Waals surface area contributed by atoms with Gasteiger partial charge in [0, 0.05) is 44.3 Å². The van der Waals surface area contributed by atoms with E-state index >= 15 is 0 Å². The molecule has 2 aliphatic rings. The van der Waals surface area contributed by atoms with E-state index in [0.717, 1.165) is 39.0 Å². The number of nitrogens with zero attached hydrogens (tertiary/aromatic N) is 2. The second kappa shape index (κ2) is 8.60. The smallest absolute Gasteiger partial charge is 0.237 e. The molecular formula is C19H27FN4O2. The number of carbonyl (C=O) groups is 2. The molecular weight excluding hydrogens is 335 g/mol. The summed E-state index contributed by atoms with van der Waals surface area (Å²) in [5.74, 6) is -0.315. The van der Waals surface area contributed by atoms with Gasteiger partial charge in [0.25, 0.3) is 0 Å². The molecule has 1 atom stereocenters. The average Bonchev–Trinajstić information content (AvgIpc) is 3.45. The van der Waals surface area contributed by atoms with Crippen LogP contribution in [0.4, 0.5) is 4.39 Å². The molecule has 2 fully saturated rings. The molecule has 1 heterocycles. The predicted molar refractivity (Wildman–Crippen MR) is 96.9 cm³/mol. The van der Waals surface area contributed by atoms with E-state index in [1.165, 1.54) is 6.07 Å². The van der Waals surface area contributed by atoms with Crippen molar-refractivity contribution in [3.63, 3.8) is 0 Å². The van der Waals surface area contributed by atoms with E-state index in [-0.39, 0.29) is 30.2 Å². The zero-order valence-corrected chi connectivity index (χ0v) is 15.2. The first-order valence-corrected chi connectivity index (χ1v) is 9.30. The summed E-state index contributed by atoms with van der Waals surface area (Å²) in [5, 5.41) is 5.81. The molecule has 2 N–H and O–H groups in total. The Labute approximate surface area is 153 Å². The molecule has 1 aliphatic heterocycles. The Balaban J connectivity index is 1.37. The Bertz CT molecular complexity index is 642. The van der Waals surface area contributed by atoms with Crippen molar-refractivity contribution in [1.82, 2.24) is 20.4 Å². The van der Waals surface area contributed by atoms with E-state index in [1.54, 1.807) is 18.2 Å². The first-order chi connectivity index (χ1) is 12.5. The van der Waals surface area contributed by atoms with Crippen molar-refractivity contribution in [3.8, 4) is 0 Å². The van der Waals surface area contributed by atoms with Gasteiger partial charge in [-0.15, -0.1) is 0 Å². The minimum Gasteiger partial charge on any atom is -0.352 e. The fourth-order valence-corrected chi connectivity index (χ4v) is 3.12. The number of piperazine rings is 1. The van der Waals surface area contributed by atoms with Gasteiger partial charge in [0.15, 0.2) is 0 Å². The fraction of sp³-hybridized carbons (Fsp3) is 0.579. The average molecular weight is 362 g/mol. The molecule has 0 spiro atoms. The molecule has 2 amide bonds. The number of carbonyl (C=O) groups excluding carboxylic acids is 2. The predicted octanol–water partition coefficient (Wildman–Crippen LogP) is 0.727. The summed E-state index contributed by atoms with van der Waals surface area (Å²) in [5.41, 5.74) is 0.487. The lowest BCUT2D eigenvalue weighted by molar-refractivity contribution is -0.128. The van der Waals surface area contributed by atoms with E-state index in [9.17, 15) is 14.0 Å². The normalized spacial score (nSPS) is 19.8. The summed E-state index contributed by atoms with van der Waals surface area (Å²) < 4.78 is 13.6. The maximum absolute atomic E-state index is 13.6. The standard InChI is InChI=1S/C19H27FN4O2/c1-14(19(26)22-16-6-7-16)24-10-8-23(9-11-24)13-18(25)21-12-15-4-2-3-5-17(15)20/h2-5,14,16H,6-13H2,1H3,(H,21,25)(H,22,26). The lowest BCUT2D eigenvalue weighted by atomic mass is 10.2. The highest BCUT2D eigenvalue weighted by molar-refractivity contribution is 5.82. The topological polar surface area (TPSA) is 64.7 Å². The molecule has 0 bridgehead atoms. The summed E-state index contributed by atoms with van der Waals surface area (Å²) in [7, 11) is 0. The Hall–Kier alpha value is -1.99.